The minimum absolute atomic E-state index is 0.147. The molecule has 1 N–H and O–H groups in total. The van der Waals surface area contributed by atoms with Gasteiger partial charge >= 0.3 is 0 Å². The molecular weight excluding hydrogens is 376 g/mol. The Kier molecular flexibility index (Phi) is 5.90. The maximum Gasteiger partial charge on any atom is 0.252 e. The summed E-state index contributed by atoms with van der Waals surface area (Å²) in [5.41, 5.74) is 3.27. The van der Waals surface area contributed by atoms with E-state index < -0.39 is 0 Å². The van der Waals surface area contributed by atoms with Gasteiger partial charge < -0.3 is 14.5 Å². The first kappa shape index (κ1) is 19.5. The summed E-state index contributed by atoms with van der Waals surface area (Å²) in [6, 6.07) is 24.9. The van der Waals surface area contributed by atoms with Crippen molar-refractivity contribution in [3.05, 3.63) is 96.2 Å². The Balaban J connectivity index is 1.50. The second kappa shape index (κ2) is 9.09. The predicted octanol–water partition coefficient (Wildman–Crippen LogP) is 4.99. The summed E-state index contributed by atoms with van der Waals surface area (Å²) in [6.07, 6.45) is 2.44. The van der Waals surface area contributed by atoms with Gasteiger partial charge in [0.2, 0.25) is 5.89 Å². The van der Waals surface area contributed by atoms with E-state index in [2.05, 4.69) is 10.3 Å². The molecule has 150 valence electrons. The quantitative estimate of drug-likeness (QED) is 0.476. The summed E-state index contributed by atoms with van der Waals surface area (Å²) >= 11 is 0. The molecule has 4 aromatic rings. The van der Waals surface area contributed by atoms with E-state index in [1.54, 1.807) is 19.4 Å². The van der Waals surface area contributed by atoms with Crippen molar-refractivity contribution in [2.75, 3.05) is 13.7 Å². The van der Waals surface area contributed by atoms with E-state index in [0.717, 1.165) is 17.7 Å². The van der Waals surface area contributed by atoms with Crippen LogP contribution in [0.5, 0.6) is 5.75 Å². The maximum atomic E-state index is 12.8. The standard InChI is InChI=1S/C25H22N2O3/c1-29-20-13-11-19(12-14-20)23-17-27-25(30-23)22-10-6-5-9-21(22)24(28)26-16-15-18-7-3-2-4-8-18/h2-14,17H,15-16H2,1H3,(H,26,28). The molecule has 0 saturated heterocycles. The molecule has 1 heterocycles. The summed E-state index contributed by atoms with van der Waals surface area (Å²) in [6.45, 7) is 0.555. The van der Waals surface area contributed by atoms with Crippen LogP contribution in [0.25, 0.3) is 22.8 Å². The number of hydrogen-bond acceptors (Lipinski definition) is 4. The first-order valence-electron chi connectivity index (χ1n) is 9.76. The van der Waals surface area contributed by atoms with Crippen molar-refractivity contribution in [2.24, 2.45) is 0 Å². The molecule has 1 amide bonds. The van der Waals surface area contributed by atoms with Gasteiger partial charge in [0, 0.05) is 17.7 Å². The zero-order valence-electron chi connectivity index (χ0n) is 16.7. The van der Waals surface area contributed by atoms with Gasteiger partial charge in [-0.1, -0.05) is 42.5 Å². The second-order valence-electron chi connectivity index (χ2n) is 6.80. The second-order valence-corrected chi connectivity index (χ2v) is 6.80. The molecule has 0 atom stereocenters. The van der Waals surface area contributed by atoms with Gasteiger partial charge in [-0.3, -0.25) is 4.79 Å². The lowest BCUT2D eigenvalue weighted by Gasteiger charge is -2.08. The van der Waals surface area contributed by atoms with Gasteiger partial charge in [-0.2, -0.15) is 0 Å². The van der Waals surface area contributed by atoms with Gasteiger partial charge in [0.05, 0.1) is 18.9 Å². The van der Waals surface area contributed by atoms with Gasteiger partial charge in [0.15, 0.2) is 5.76 Å². The van der Waals surface area contributed by atoms with E-state index in [-0.39, 0.29) is 5.91 Å². The average Bonchev–Trinajstić information content (AvgIpc) is 3.30. The van der Waals surface area contributed by atoms with Crippen molar-refractivity contribution >= 4 is 5.91 Å². The summed E-state index contributed by atoms with van der Waals surface area (Å²) in [5.74, 6) is 1.67. The Bertz CT molecular complexity index is 1120. The lowest BCUT2D eigenvalue weighted by atomic mass is 10.1. The molecule has 0 radical (unpaired) electrons. The molecular formula is C25H22N2O3. The van der Waals surface area contributed by atoms with Crippen molar-refractivity contribution in [2.45, 2.75) is 6.42 Å². The molecule has 4 rings (SSSR count). The number of ether oxygens (including phenoxy) is 1. The number of carbonyl (C=O) groups excluding carboxylic acids is 1. The third-order valence-electron chi connectivity index (χ3n) is 4.82. The minimum Gasteiger partial charge on any atom is -0.497 e. The van der Waals surface area contributed by atoms with Gasteiger partial charge in [-0.15, -0.1) is 0 Å². The van der Waals surface area contributed by atoms with Crippen molar-refractivity contribution in [3.8, 4) is 28.5 Å². The van der Waals surface area contributed by atoms with Crippen molar-refractivity contribution in [1.82, 2.24) is 10.3 Å². The summed E-state index contributed by atoms with van der Waals surface area (Å²) in [5, 5.41) is 2.99. The van der Waals surface area contributed by atoms with Gasteiger partial charge in [0.1, 0.15) is 5.75 Å². The lowest BCUT2D eigenvalue weighted by molar-refractivity contribution is 0.0954. The highest BCUT2D eigenvalue weighted by Crippen LogP contribution is 2.29. The molecule has 0 saturated carbocycles. The number of benzene rings is 3. The van der Waals surface area contributed by atoms with Crippen LogP contribution in [0.3, 0.4) is 0 Å². The number of carbonyl (C=O) groups is 1. The minimum atomic E-state index is -0.147. The highest BCUT2D eigenvalue weighted by atomic mass is 16.5. The number of nitrogens with one attached hydrogen (secondary N) is 1. The summed E-state index contributed by atoms with van der Waals surface area (Å²) < 4.78 is 11.2. The number of methoxy groups -OCH3 is 1. The van der Waals surface area contributed by atoms with E-state index in [1.807, 2.05) is 72.8 Å². The van der Waals surface area contributed by atoms with Crippen LogP contribution in [0.15, 0.2) is 89.5 Å². The monoisotopic (exact) mass is 398 g/mol. The van der Waals surface area contributed by atoms with Crippen molar-refractivity contribution < 1.29 is 13.9 Å². The van der Waals surface area contributed by atoms with E-state index in [1.165, 1.54) is 5.56 Å². The lowest BCUT2D eigenvalue weighted by Crippen LogP contribution is -2.26. The van der Waals surface area contributed by atoms with E-state index in [0.29, 0.717) is 29.3 Å². The Morgan fingerprint density at radius 1 is 0.967 bits per heavy atom. The highest BCUT2D eigenvalue weighted by molar-refractivity contribution is 6.00. The Morgan fingerprint density at radius 2 is 1.70 bits per heavy atom. The molecule has 0 bridgehead atoms. The van der Waals surface area contributed by atoms with Crippen LogP contribution in [-0.4, -0.2) is 24.5 Å². The van der Waals surface area contributed by atoms with Crippen LogP contribution in [0.1, 0.15) is 15.9 Å². The highest BCUT2D eigenvalue weighted by Gasteiger charge is 2.16. The number of aromatic nitrogens is 1. The Hall–Kier alpha value is -3.86. The van der Waals surface area contributed by atoms with Crippen LogP contribution in [-0.2, 0) is 6.42 Å². The number of rotatable bonds is 7. The van der Waals surface area contributed by atoms with Gasteiger partial charge in [-0.05, 0) is 48.4 Å². The third-order valence-corrected chi connectivity index (χ3v) is 4.82. The van der Waals surface area contributed by atoms with Crippen LogP contribution in [0, 0.1) is 0 Å². The molecule has 0 aliphatic heterocycles. The summed E-state index contributed by atoms with van der Waals surface area (Å²) in [4.78, 5) is 17.2. The smallest absolute Gasteiger partial charge is 0.252 e. The molecule has 5 heteroatoms. The van der Waals surface area contributed by atoms with Crippen LogP contribution in [0.2, 0.25) is 0 Å². The third kappa shape index (κ3) is 4.41. The Morgan fingerprint density at radius 3 is 2.47 bits per heavy atom. The molecule has 0 aliphatic carbocycles. The first-order chi connectivity index (χ1) is 14.7. The zero-order chi connectivity index (χ0) is 20.8. The van der Waals surface area contributed by atoms with Gasteiger partial charge in [0.25, 0.3) is 5.91 Å². The normalized spacial score (nSPS) is 10.6. The van der Waals surface area contributed by atoms with Crippen LogP contribution < -0.4 is 10.1 Å². The largest absolute Gasteiger partial charge is 0.497 e. The molecule has 30 heavy (non-hydrogen) atoms. The van der Waals surface area contributed by atoms with Crippen molar-refractivity contribution in [3.63, 3.8) is 0 Å². The molecule has 0 fully saturated rings. The number of hydrogen-bond donors (Lipinski definition) is 1. The van der Waals surface area contributed by atoms with E-state index >= 15 is 0 Å². The average molecular weight is 398 g/mol. The molecule has 5 nitrogen and oxygen atoms in total. The maximum absolute atomic E-state index is 12.8. The zero-order valence-corrected chi connectivity index (χ0v) is 16.7. The molecule has 1 aromatic heterocycles. The summed E-state index contributed by atoms with van der Waals surface area (Å²) in [7, 11) is 1.63. The van der Waals surface area contributed by atoms with E-state index in [4.69, 9.17) is 9.15 Å². The fourth-order valence-corrected chi connectivity index (χ4v) is 3.22. The van der Waals surface area contributed by atoms with E-state index in [9.17, 15) is 4.79 Å². The molecule has 0 aliphatic rings. The number of amides is 1. The predicted molar refractivity (Wildman–Crippen MR) is 116 cm³/mol. The van der Waals surface area contributed by atoms with Crippen molar-refractivity contribution in [1.29, 1.82) is 0 Å². The fraction of sp³-hybridized carbons (Fsp3) is 0.120. The first-order valence-corrected chi connectivity index (χ1v) is 9.76. The fourth-order valence-electron chi connectivity index (χ4n) is 3.22. The molecule has 3 aromatic carbocycles. The Labute approximate surface area is 175 Å². The molecule has 0 spiro atoms. The number of nitrogens with zero attached hydrogens (tertiary/aromatic N) is 1. The number of oxazole rings is 1. The SMILES string of the molecule is COc1ccc(-c2cnc(-c3ccccc3C(=O)NCCc3ccccc3)o2)cc1. The molecule has 0 unspecified atom stereocenters. The topological polar surface area (TPSA) is 64.4 Å². The van der Waals surface area contributed by atoms with Crippen LogP contribution in [0.4, 0.5) is 0 Å². The van der Waals surface area contributed by atoms with Gasteiger partial charge in [-0.25, -0.2) is 4.98 Å². The van der Waals surface area contributed by atoms with Crippen LogP contribution >= 0.6 is 0 Å².